The fourth-order valence-electron chi connectivity index (χ4n) is 2.82. The van der Waals surface area contributed by atoms with E-state index >= 15 is 0 Å². The summed E-state index contributed by atoms with van der Waals surface area (Å²) in [6.07, 6.45) is 1.47. The van der Waals surface area contributed by atoms with Crippen molar-refractivity contribution in [3.63, 3.8) is 0 Å². The van der Waals surface area contributed by atoms with E-state index in [0.29, 0.717) is 0 Å². The molecule has 0 radical (unpaired) electrons. The van der Waals surface area contributed by atoms with Gasteiger partial charge in [0.15, 0.2) is 22.8 Å². The van der Waals surface area contributed by atoms with Gasteiger partial charge in [0.2, 0.25) is 0 Å². The zero-order valence-electron chi connectivity index (χ0n) is 14.3. The van der Waals surface area contributed by atoms with Crippen molar-refractivity contribution in [1.29, 1.82) is 0 Å². The van der Waals surface area contributed by atoms with Gasteiger partial charge in [-0.15, -0.1) is 0 Å². The molecule has 0 atom stereocenters. The van der Waals surface area contributed by atoms with Gasteiger partial charge in [-0.25, -0.2) is 23.1 Å². The number of nitrogens with zero attached hydrogens (tertiary/aromatic N) is 4. The zero-order chi connectivity index (χ0) is 18.5. The van der Waals surface area contributed by atoms with Crippen molar-refractivity contribution in [2.45, 2.75) is 39.8 Å². The second-order valence-corrected chi connectivity index (χ2v) is 6.40. The number of rotatable bonds is 3. The van der Waals surface area contributed by atoms with E-state index in [1.165, 1.54) is 12.4 Å². The molecule has 0 fully saturated rings. The van der Waals surface area contributed by atoms with Crippen LogP contribution in [-0.4, -0.2) is 18.7 Å². The summed E-state index contributed by atoms with van der Waals surface area (Å²) < 4.78 is 30.8. The lowest BCUT2D eigenvalue weighted by molar-refractivity contribution is 0.506. The molecule has 0 amide bonds. The molecule has 0 N–H and O–H groups in total. The van der Waals surface area contributed by atoms with E-state index in [-0.39, 0.29) is 22.9 Å². The molecule has 0 aliphatic carbocycles. The topological polar surface area (TPSA) is 61.8 Å². The summed E-state index contributed by atoms with van der Waals surface area (Å²) >= 11 is 0. The Balaban J connectivity index is 2.52. The molecular formula is C17H18F2N4O2. The van der Waals surface area contributed by atoms with Crippen LogP contribution in [0.25, 0.3) is 16.9 Å². The maximum absolute atomic E-state index is 13.7. The van der Waals surface area contributed by atoms with Crippen LogP contribution in [0.4, 0.5) is 8.78 Å². The Bertz CT molecular complexity index is 1080. The van der Waals surface area contributed by atoms with E-state index in [1.54, 1.807) is 18.4 Å². The molecule has 6 nitrogen and oxygen atoms in total. The Morgan fingerprint density at radius 2 is 1.68 bits per heavy atom. The summed E-state index contributed by atoms with van der Waals surface area (Å²) in [4.78, 5) is 29.9. The smallest absolute Gasteiger partial charge is 0.322 e. The molecular weight excluding hydrogens is 330 g/mol. The standard InChI is InChI=1S/C17H18F2N4O2/c1-9(2)21-8-20-15-14(21)16(24)22(10(3)4)17(25)23(15)11-5-6-12(18)13(19)7-11/h5-10H,1-4H3. The summed E-state index contributed by atoms with van der Waals surface area (Å²) in [5.41, 5.74) is -0.635. The molecule has 132 valence electrons. The molecule has 0 saturated heterocycles. The van der Waals surface area contributed by atoms with Gasteiger partial charge in [0.1, 0.15) is 0 Å². The number of hydrogen-bond acceptors (Lipinski definition) is 3. The third kappa shape index (κ3) is 2.57. The van der Waals surface area contributed by atoms with Crippen LogP contribution >= 0.6 is 0 Å². The lowest BCUT2D eigenvalue weighted by atomic mass is 10.3. The van der Waals surface area contributed by atoms with E-state index in [4.69, 9.17) is 0 Å². The second kappa shape index (κ2) is 5.94. The third-order valence-corrected chi connectivity index (χ3v) is 4.04. The van der Waals surface area contributed by atoms with Crippen molar-refractivity contribution in [1.82, 2.24) is 18.7 Å². The van der Waals surface area contributed by atoms with Crippen molar-refractivity contribution in [3.05, 3.63) is 57.0 Å². The van der Waals surface area contributed by atoms with Gasteiger partial charge in [-0.1, -0.05) is 0 Å². The largest absolute Gasteiger partial charge is 0.337 e. The minimum Gasteiger partial charge on any atom is -0.322 e. The number of fused-ring (bicyclic) bond motifs is 1. The maximum atomic E-state index is 13.7. The fraction of sp³-hybridized carbons (Fsp3) is 0.353. The number of benzene rings is 1. The van der Waals surface area contributed by atoms with Gasteiger partial charge in [-0.2, -0.15) is 0 Å². The van der Waals surface area contributed by atoms with Crippen LogP contribution in [0.2, 0.25) is 0 Å². The van der Waals surface area contributed by atoms with Gasteiger partial charge in [-0.3, -0.25) is 9.36 Å². The SMILES string of the molecule is CC(C)n1c(=O)c2c(ncn2C(C)C)n(-c2ccc(F)c(F)c2)c1=O. The van der Waals surface area contributed by atoms with Crippen molar-refractivity contribution < 1.29 is 8.78 Å². The van der Waals surface area contributed by atoms with Crippen LogP contribution in [0.1, 0.15) is 39.8 Å². The molecule has 0 aliphatic heterocycles. The van der Waals surface area contributed by atoms with E-state index in [1.807, 2.05) is 13.8 Å². The summed E-state index contributed by atoms with van der Waals surface area (Å²) in [7, 11) is 0. The van der Waals surface area contributed by atoms with E-state index in [9.17, 15) is 18.4 Å². The van der Waals surface area contributed by atoms with Gasteiger partial charge >= 0.3 is 5.69 Å². The Morgan fingerprint density at radius 1 is 1.00 bits per heavy atom. The van der Waals surface area contributed by atoms with Gasteiger partial charge in [0, 0.05) is 18.2 Å². The summed E-state index contributed by atoms with van der Waals surface area (Å²) in [6.45, 7) is 7.18. The van der Waals surface area contributed by atoms with Crippen molar-refractivity contribution in [2.75, 3.05) is 0 Å². The van der Waals surface area contributed by atoms with Crippen molar-refractivity contribution in [3.8, 4) is 5.69 Å². The Labute approximate surface area is 142 Å². The van der Waals surface area contributed by atoms with E-state index in [0.717, 1.165) is 21.3 Å². The van der Waals surface area contributed by atoms with Crippen LogP contribution in [0.15, 0.2) is 34.1 Å². The molecule has 3 aromatic rings. The van der Waals surface area contributed by atoms with Gasteiger partial charge < -0.3 is 4.57 Å². The molecule has 25 heavy (non-hydrogen) atoms. The first-order valence-electron chi connectivity index (χ1n) is 7.93. The number of halogens is 2. The van der Waals surface area contributed by atoms with Crippen LogP contribution in [0.5, 0.6) is 0 Å². The van der Waals surface area contributed by atoms with Crippen LogP contribution in [-0.2, 0) is 0 Å². The highest BCUT2D eigenvalue weighted by molar-refractivity contribution is 5.72. The van der Waals surface area contributed by atoms with Crippen molar-refractivity contribution in [2.24, 2.45) is 0 Å². The first-order chi connectivity index (χ1) is 11.7. The molecule has 0 bridgehead atoms. The van der Waals surface area contributed by atoms with Gasteiger partial charge in [0.25, 0.3) is 5.56 Å². The summed E-state index contributed by atoms with van der Waals surface area (Å²) in [6, 6.07) is 2.67. The fourth-order valence-corrected chi connectivity index (χ4v) is 2.82. The molecule has 8 heteroatoms. The minimum atomic E-state index is -1.08. The molecule has 2 aromatic heterocycles. The minimum absolute atomic E-state index is 0.0609. The lowest BCUT2D eigenvalue weighted by Gasteiger charge is -2.15. The first-order valence-corrected chi connectivity index (χ1v) is 7.93. The predicted octanol–water partition coefficient (Wildman–Crippen LogP) is 2.79. The Hall–Kier alpha value is -2.77. The van der Waals surface area contributed by atoms with Crippen LogP contribution in [0, 0.1) is 11.6 Å². The first kappa shape index (κ1) is 17.1. The molecule has 0 aliphatic rings. The highest BCUT2D eigenvalue weighted by Crippen LogP contribution is 2.18. The summed E-state index contributed by atoms with van der Waals surface area (Å²) in [5, 5.41) is 0. The molecule has 3 rings (SSSR count). The second-order valence-electron chi connectivity index (χ2n) is 6.40. The molecule has 0 saturated carbocycles. The Morgan fingerprint density at radius 3 is 2.24 bits per heavy atom. The zero-order valence-corrected chi connectivity index (χ0v) is 14.3. The quantitative estimate of drug-likeness (QED) is 0.731. The highest BCUT2D eigenvalue weighted by Gasteiger charge is 2.21. The predicted molar refractivity (Wildman–Crippen MR) is 90.3 cm³/mol. The third-order valence-electron chi connectivity index (χ3n) is 4.04. The number of imidazole rings is 1. The lowest BCUT2D eigenvalue weighted by Crippen LogP contribution is -2.41. The average Bonchev–Trinajstić information content (AvgIpc) is 2.95. The molecule has 0 unspecified atom stereocenters. The van der Waals surface area contributed by atoms with E-state index in [2.05, 4.69) is 4.98 Å². The summed E-state index contributed by atoms with van der Waals surface area (Å²) in [5.74, 6) is -2.10. The number of hydrogen-bond donors (Lipinski definition) is 0. The van der Waals surface area contributed by atoms with Gasteiger partial charge in [0.05, 0.1) is 12.0 Å². The maximum Gasteiger partial charge on any atom is 0.337 e. The monoisotopic (exact) mass is 348 g/mol. The highest BCUT2D eigenvalue weighted by atomic mass is 19.2. The van der Waals surface area contributed by atoms with Gasteiger partial charge in [-0.05, 0) is 39.8 Å². The van der Waals surface area contributed by atoms with Crippen molar-refractivity contribution >= 4 is 11.2 Å². The normalized spacial score (nSPS) is 11.8. The van der Waals surface area contributed by atoms with Crippen LogP contribution < -0.4 is 11.2 Å². The average molecular weight is 348 g/mol. The Kier molecular flexibility index (Phi) is 4.06. The molecule has 1 aromatic carbocycles. The molecule has 0 spiro atoms. The number of aromatic nitrogens is 4. The molecule has 2 heterocycles. The van der Waals surface area contributed by atoms with E-state index < -0.39 is 28.9 Å². The van der Waals surface area contributed by atoms with Crippen LogP contribution in [0.3, 0.4) is 0 Å².